The van der Waals surface area contributed by atoms with Gasteiger partial charge < -0.3 is 9.64 Å². The Morgan fingerprint density at radius 1 is 1.33 bits per heavy atom. The first-order valence-corrected chi connectivity index (χ1v) is 8.68. The summed E-state index contributed by atoms with van der Waals surface area (Å²) in [6, 6.07) is 9.29. The molecule has 0 radical (unpaired) electrons. The van der Waals surface area contributed by atoms with E-state index in [0.29, 0.717) is 11.6 Å². The van der Waals surface area contributed by atoms with E-state index in [9.17, 15) is 4.79 Å². The van der Waals surface area contributed by atoms with E-state index in [1.807, 2.05) is 48.4 Å². The molecule has 5 nitrogen and oxygen atoms in total. The third kappa shape index (κ3) is 4.29. The average Bonchev–Trinajstić information content (AvgIpc) is 3.10. The van der Waals surface area contributed by atoms with Crippen molar-refractivity contribution < 1.29 is 9.53 Å². The van der Waals surface area contributed by atoms with Crippen molar-refractivity contribution >= 4 is 17.5 Å². The van der Waals surface area contributed by atoms with Crippen LogP contribution in [0.4, 0.5) is 0 Å². The Hall–Kier alpha value is -2.01. The van der Waals surface area contributed by atoms with E-state index in [1.54, 1.807) is 10.9 Å². The first-order chi connectivity index (χ1) is 11.6. The Morgan fingerprint density at radius 3 is 2.67 bits per heavy atom. The number of ether oxygens (including phenoxy) is 1. The van der Waals surface area contributed by atoms with Gasteiger partial charge in [0.05, 0.1) is 12.5 Å². The molecule has 1 fully saturated rings. The summed E-state index contributed by atoms with van der Waals surface area (Å²) >= 11 is 5.88. The minimum Gasteiger partial charge on any atom is -0.490 e. The monoisotopic (exact) mass is 347 g/mol. The highest BCUT2D eigenvalue weighted by atomic mass is 35.5. The molecule has 1 saturated heterocycles. The summed E-state index contributed by atoms with van der Waals surface area (Å²) in [4.78, 5) is 14.5. The van der Waals surface area contributed by atoms with Gasteiger partial charge in [0.15, 0.2) is 0 Å². The zero-order valence-corrected chi connectivity index (χ0v) is 14.5. The van der Waals surface area contributed by atoms with Crippen LogP contribution in [0.15, 0.2) is 42.7 Å². The Kier molecular flexibility index (Phi) is 5.41. The first-order valence-electron chi connectivity index (χ1n) is 8.30. The molecule has 1 aromatic carbocycles. The predicted octanol–water partition coefficient (Wildman–Crippen LogP) is 3.24. The molecule has 3 rings (SSSR count). The van der Waals surface area contributed by atoms with Gasteiger partial charge in [0.1, 0.15) is 11.9 Å². The quantitative estimate of drug-likeness (QED) is 0.834. The van der Waals surface area contributed by atoms with Gasteiger partial charge in [-0.1, -0.05) is 18.5 Å². The lowest BCUT2D eigenvalue weighted by molar-refractivity contribution is -0.137. The normalized spacial score (nSPS) is 16.8. The maximum atomic E-state index is 12.6. The minimum atomic E-state index is -0.0707. The van der Waals surface area contributed by atoms with Crippen molar-refractivity contribution in [2.45, 2.75) is 32.4 Å². The molecule has 1 amide bonds. The van der Waals surface area contributed by atoms with Crippen molar-refractivity contribution in [3.63, 3.8) is 0 Å². The highest BCUT2D eigenvalue weighted by molar-refractivity contribution is 6.30. The van der Waals surface area contributed by atoms with Crippen LogP contribution in [0.25, 0.3) is 0 Å². The van der Waals surface area contributed by atoms with E-state index in [1.165, 1.54) is 0 Å². The molecule has 1 atom stereocenters. The van der Waals surface area contributed by atoms with E-state index in [2.05, 4.69) is 5.10 Å². The van der Waals surface area contributed by atoms with Gasteiger partial charge in [0, 0.05) is 43.3 Å². The molecular formula is C18H22ClN3O2. The first kappa shape index (κ1) is 16.8. The van der Waals surface area contributed by atoms with Crippen LogP contribution >= 0.6 is 11.6 Å². The molecule has 1 unspecified atom stereocenters. The zero-order chi connectivity index (χ0) is 16.9. The van der Waals surface area contributed by atoms with Crippen molar-refractivity contribution in [1.82, 2.24) is 14.7 Å². The molecule has 1 aliphatic heterocycles. The van der Waals surface area contributed by atoms with Crippen LogP contribution < -0.4 is 4.74 Å². The fourth-order valence-corrected chi connectivity index (χ4v) is 3.10. The molecule has 6 heteroatoms. The van der Waals surface area contributed by atoms with E-state index in [-0.39, 0.29) is 17.9 Å². The SMILES string of the molecule is CC(Cn1cccn1)C(=O)N1CCC(Oc2ccc(Cl)cc2)CC1. The second-order valence-electron chi connectivity index (χ2n) is 6.23. The number of benzene rings is 1. The minimum absolute atomic E-state index is 0.0707. The van der Waals surface area contributed by atoms with Gasteiger partial charge in [-0.2, -0.15) is 5.10 Å². The Morgan fingerprint density at radius 2 is 2.04 bits per heavy atom. The van der Waals surface area contributed by atoms with Crippen LogP contribution in [0.3, 0.4) is 0 Å². The molecule has 24 heavy (non-hydrogen) atoms. The van der Waals surface area contributed by atoms with Crippen LogP contribution in [0, 0.1) is 5.92 Å². The summed E-state index contributed by atoms with van der Waals surface area (Å²) in [5.41, 5.74) is 0. The summed E-state index contributed by atoms with van der Waals surface area (Å²) in [6.45, 7) is 4.05. The van der Waals surface area contributed by atoms with Gasteiger partial charge in [-0.3, -0.25) is 9.48 Å². The Labute approximate surface area is 147 Å². The number of piperidine rings is 1. The zero-order valence-electron chi connectivity index (χ0n) is 13.8. The summed E-state index contributed by atoms with van der Waals surface area (Å²) in [7, 11) is 0. The smallest absolute Gasteiger partial charge is 0.227 e. The van der Waals surface area contributed by atoms with Gasteiger partial charge >= 0.3 is 0 Å². The van der Waals surface area contributed by atoms with Gasteiger partial charge in [0.2, 0.25) is 5.91 Å². The maximum absolute atomic E-state index is 12.6. The predicted molar refractivity (Wildman–Crippen MR) is 93.1 cm³/mol. The lowest BCUT2D eigenvalue weighted by Crippen LogP contribution is -2.44. The average molecular weight is 348 g/mol. The highest BCUT2D eigenvalue weighted by Crippen LogP contribution is 2.22. The number of carbonyl (C=O) groups excluding carboxylic acids is 1. The third-order valence-corrected chi connectivity index (χ3v) is 4.56. The molecule has 0 N–H and O–H groups in total. The van der Waals surface area contributed by atoms with Crippen molar-refractivity contribution in [2.75, 3.05) is 13.1 Å². The van der Waals surface area contributed by atoms with Crippen LogP contribution in [-0.2, 0) is 11.3 Å². The summed E-state index contributed by atoms with van der Waals surface area (Å²) in [5.74, 6) is 0.949. The number of aromatic nitrogens is 2. The number of likely N-dealkylation sites (tertiary alicyclic amines) is 1. The van der Waals surface area contributed by atoms with Gasteiger partial charge in [-0.05, 0) is 30.3 Å². The molecule has 1 aliphatic rings. The van der Waals surface area contributed by atoms with Crippen LogP contribution in [0.5, 0.6) is 5.75 Å². The summed E-state index contributed by atoms with van der Waals surface area (Å²) < 4.78 is 7.78. The second-order valence-corrected chi connectivity index (χ2v) is 6.66. The van der Waals surface area contributed by atoms with E-state index < -0.39 is 0 Å². The van der Waals surface area contributed by atoms with E-state index in [0.717, 1.165) is 31.7 Å². The fourth-order valence-electron chi connectivity index (χ4n) is 2.98. The maximum Gasteiger partial charge on any atom is 0.227 e. The molecule has 2 heterocycles. The molecule has 2 aromatic rings. The third-order valence-electron chi connectivity index (χ3n) is 4.31. The topological polar surface area (TPSA) is 47.4 Å². The summed E-state index contributed by atoms with van der Waals surface area (Å²) in [5, 5.41) is 4.87. The Balaban J connectivity index is 1.47. The molecule has 1 aromatic heterocycles. The number of hydrogen-bond donors (Lipinski definition) is 0. The number of nitrogens with zero attached hydrogens (tertiary/aromatic N) is 3. The molecule has 0 spiro atoms. The van der Waals surface area contributed by atoms with Crippen molar-refractivity contribution in [3.05, 3.63) is 47.7 Å². The largest absolute Gasteiger partial charge is 0.490 e. The number of halogens is 1. The van der Waals surface area contributed by atoms with Crippen LogP contribution in [-0.4, -0.2) is 39.8 Å². The lowest BCUT2D eigenvalue weighted by atomic mass is 10.0. The second kappa shape index (κ2) is 7.71. The summed E-state index contributed by atoms with van der Waals surface area (Å²) in [6.07, 6.45) is 5.47. The molecule has 128 valence electrons. The number of amides is 1. The number of hydrogen-bond acceptors (Lipinski definition) is 3. The number of rotatable bonds is 5. The van der Waals surface area contributed by atoms with Gasteiger partial charge in [-0.15, -0.1) is 0 Å². The molecule has 0 aliphatic carbocycles. The standard InChI is InChI=1S/C18H22ClN3O2/c1-14(13-22-10-2-9-20-22)18(23)21-11-7-17(8-12-21)24-16-5-3-15(19)4-6-16/h2-6,9-10,14,17H,7-8,11-13H2,1H3. The molecular weight excluding hydrogens is 326 g/mol. The Bertz CT molecular complexity index is 649. The van der Waals surface area contributed by atoms with Crippen molar-refractivity contribution in [1.29, 1.82) is 0 Å². The number of carbonyl (C=O) groups is 1. The van der Waals surface area contributed by atoms with Crippen LogP contribution in [0.2, 0.25) is 5.02 Å². The van der Waals surface area contributed by atoms with Crippen molar-refractivity contribution in [3.8, 4) is 5.75 Å². The van der Waals surface area contributed by atoms with Gasteiger partial charge in [0.25, 0.3) is 0 Å². The molecule has 0 bridgehead atoms. The lowest BCUT2D eigenvalue weighted by Gasteiger charge is -2.33. The van der Waals surface area contributed by atoms with E-state index >= 15 is 0 Å². The molecule has 0 saturated carbocycles. The van der Waals surface area contributed by atoms with Gasteiger partial charge in [-0.25, -0.2) is 0 Å². The fraction of sp³-hybridized carbons (Fsp3) is 0.444. The van der Waals surface area contributed by atoms with Crippen LogP contribution in [0.1, 0.15) is 19.8 Å². The highest BCUT2D eigenvalue weighted by Gasteiger charge is 2.27. The van der Waals surface area contributed by atoms with Crippen molar-refractivity contribution in [2.24, 2.45) is 5.92 Å². The van der Waals surface area contributed by atoms with E-state index in [4.69, 9.17) is 16.3 Å².